The highest BCUT2D eigenvalue weighted by Crippen LogP contribution is 2.19. The smallest absolute Gasteiger partial charge is 0.278 e. The fourth-order valence-corrected chi connectivity index (χ4v) is 1.03. The standard InChI is InChI=1S/C10H12F3NO/c1-10(12,13)6-15-9-3-7(5-14)2-8(11)4-9/h2-4H,5-6,14H2,1H3. The van der Waals surface area contributed by atoms with Crippen molar-refractivity contribution in [3.8, 4) is 5.75 Å². The molecule has 0 saturated carbocycles. The molecule has 84 valence electrons. The summed E-state index contributed by atoms with van der Waals surface area (Å²) in [7, 11) is 0. The third kappa shape index (κ3) is 4.20. The van der Waals surface area contributed by atoms with Gasteiger partial charge < -0.3 is 10.5 Å². The first kappa shape index (κ1) is 11.8. The summed E-state index contributed by atoms with van der Waals surface area (Å²) in [6.45, 7) is 0.0905. The van der Waals surface area contributed by atoms with Crippen molar-refractivity contribution in [2.45, 2.75) is 19.4 Å². The van der Waals surface area contributed by atoms with Gasteiger partial charge in [0.2, 0.25) is 0 Å². The highest BCUT2D eigenvalue weighted by atomic mass is 19.3. The summed E-state index contributed by atoms with van der Waals surface area (Å²) in [6, 6.07) is 3.72. The van der Waals surface area contributed by atoms with Crippen molar-refractivity contribution >= 4 is 0 Å². The molecule has 0 fully saturated rings. The Balaban J connectivity index is 2.73. The van der Waals surface area contributed by atoms with Crippen LogP contribution in [0, 0.1) is 5.82 Å². The Morgan fingerprint density at radius 1 is 1.33 bits per heavy atom. The Bertz CT molecular complexity index is 336. The predicted molar refractivity (Wildman–Crippen MR) is 50.4 cm³/mol. The summed E-state index contributed by atoms with van der Waals surface area (Å²) < 4.78 is 42.6. The number of halogens is 3. The number of benzene rings is 1. The Morgan fingerprint density at radius 3 is 2.53 bits per heavy atom. The molecule has 0 aliphatic rings. The average molecular weight is 219 g/mol. The third-order valence-electron chi connectivity index (χ3n) is 1.66. The number of rotatable bonds is 4. The van der Waals surface area contributed by atoms with Gasteiger partial charge in [0.15, 0.2) is 6.61 Å². The van der Waals surface area contributed by atoms with E-state index < -0.39 is 18.3 Å². The molecular formula is C10H12F3NO. The molecule has 0 bridgehead atoms. The minimum atomic E-state index is -2.94. The van der Waals surface area contributed by atoms with E-state index in [9.17, 15) is 13.2 Å². The molecule has 0 saturated heterocycles. The minimum Gasteiger partial charge on any atom is -0.487 e. The van der Waals surface area contributed by atoms with Gasteiger partial charge in [-0.15, -0.1) is 0 Å². The molecule has 0 atom stereocenters. The van der Waals surface area contributed by atoms with Gasteiger partial charge in [-0.05, 0) is 17.7 Å². The summed E-state index contributed by atoms with van der Waals surface area (Å²) in [5.41, 5.74) is 5.80. The Hall–Kier alpha value is -1.23. The summed E-state index contributed by atoms with van der Waals surface area (Å²) in [5, 5.41) is 0. The van der Waals surface area contributed by atoms with Crippen LogP contribution < -0.4 is 10.5 Å². The van der Waals surface area contributed by atoms with Crippen LogP contribution in [0.4, 0.5) is 13.2 Å². The van der Waals surface area contributed by atoms with Crippen molar-refractivity contribution in [3.63, 3.8) is 0 Å². The molecule has 0 amide bonds. The van der Waals surface area contributed by atoms with Crippen LogP contribution in [0.5, 0.6) is 5.75 Å². The maximum Gasteiger partial charge on any atom is 0.278 e. The Labute approximate surface area is 85.8 Å². The molecular weight excluding hydrogens is 207 g/mol. The van der Waals surface area contributed by atoms with Crippen LogP contribution in [0.25, 0.3) is 0 Å². The second-order valence-corrected chi connectivity index (χ2v) is 3.36. The van der Waals surface area contributed by atoms with Crippen molar-refractivity contribution in [2.75, 3.05) is 6.61 Å². The number of hydrogen-bond donors (Lipinski definition) is 1. The van der Waals surface area contributed by atoms with Crippen LogP contribution in [0.1, 0.15) is 12.5 Å². The van der Waals surface area contributed by atoms with E-state index in [4.69, 9.17) is 10.5 Å². The summed E-state index contributed by atoms with van der Waals surface area (Å²) >= 11 is 0. The molecule has 1 aromatic carbocycles. The summed E-state index contributed by atoms with van der Waals surface area (Å²) in [5.74, 6) is -3.42. The van der Waals surface area contributed by atoms with E-state index >= 15 is 0 Å². The fraction of sp³-hybridized carbons (Fsp3) is 0.400. The van der Waals surface area contributed by atoms with E-state index in [2.05, 4.69) is 0 Å². The van der Waals surface area contributed by atoms with E-state index in [1.807, 2.05) is 0 Å². The number of alkyl halides is 2. The molecule has 0 aliphatic heterocycles. The largest absolute Gasteiger partial charge is 0.487 e. The van der Waals surface area contributed by atoms with Crippen molar-refractivity contribution < 1.29 is 17.9 Å². The molecule has 5 heteroatoms. The first-order valence-electron chi connectivity index (χ1n) is 4.41. The Morgan fingerprint density at radius 2 is 2.00 bits per heavy atom. The van der Waals surface area contributed by atoms with Crippen molar-refractivity contribution in [2.24, 2.45) is 5.73 Å². The lowest BCUT2D eigenvalue weighted by atomic mass is 10.2. The lowest BCUT2D eigenvalue weighted by Gasteiger charge is -2.12. The van der Waals surface area contributed by atoms with Crippen LogP contribution in [0.2, 0.25) is 0 Å². The normalized spacial score (nSPS) is 11.5. The van der Waals surface area contributed by atoms with Gasteiger partial charge in [0, 0.05) is 19.5 Å². The highest BCUT2D eigenvalue weighted by molar-refractivity contribution is 5.29. The lowest BCUT2D eigenvalue weighted by molar-refractivity contribution is -0.0230. The zero-order valence-corrected chi connectivity index (χ0v) is 8.27. The molecule has 0 spiro atoms. The molecule has 1 rings (SSSR count). The van der Waals surface area contributed by atoms with Gasteiger partial charge in [0.05, 0.1) is 0 Å². The number of hydrogen-bond acceptors (Lipinski definition) is 2. The van der Waals surface area contributed by atoms with Crippen LogP contribution in [-0.2, 0) is 6.54 Å². The van der Waals surface area contributed by atoms with Gasteiger partial charge in [0.25, 0.3) is 5.92 Å². The summed E-state index contributed by atoms with van der Waals surface area (Å²) in [4.78, 5) is 0. The van der Waals surface area contributed by atoms with Crippen molar-refractivity contribution in [1.29, 1.82) is 0 Å². The number of nitrogens with two attached hydrogens (primary N) is 1. The second-order valence-electron chi connectivity index (χ2n) is 3.36. The van der Waals surface area contributed by atoms with E-state index in [1.165, 1.54) is 12.1 Å². The molecule has 0 unspecified atom stereocenters. The van der Waals surface area contributed by atoms with Crippen molar-refractivity contribution in [1.82, 2.24) is 0 Å². The molecule has 0 radical (unpaired) electrons. The van der Waals surface area contributed by atoms with Gasteiger partial charge in [0.1, 0.15) is 11.6 Å². The zero-order chi connectivity index (χ0) is 11.5. The van der Waals surface area contributed by atoms with Gasteiger partial charge >= 0.3 is 0 Å². The van der Waals surface area contributed by atoms with Crippen LogP contribution in [-0.4, -0.2) is 12.5 Å². The van der Waals surface area contributed by atoms with E-state index in [-0.39, 0.29) is 12.3 Å². The molecule has 0 heterocycles. The van der Waals surface area contributed by atoms with Gasteiger partial charge in [-0.2, -0.15) is 0 Å². The van der Waals surface area contributed by atoms with Crippen molar-refractivity contribution in [3.05, 3.63) is 29.6 Å². The van der Waals surface area contributed by atoms with Gasteiger partial charge in [-0.25, -0.2) is 13.2 Å². The van der Waals surface area contributed by atoms with E-state index in [1.54, 1.807) is 0 Å². The lowest BCUT2D eigenvalue weighted by Crippen LogP contribution is -2.21. The minimum absolute atomic E-state index is 0.0666. The topological polar surface area (TPSA) is 35.2 Å². The molecule has 0 aliphatic carbocycles. The van der Waals surface area contributed by atoms with Crippen LogP contribution in [0.3, 0.4) is 0 Å². The molecule has 15 heavy (non-hydrogen) atoms. The first-order chi connectivity index (χ1) is 6.90. The average Bonchev–Trinajstić information content (AvgIpc) is 2.13. The molecule has 2 nitrogen and oxygen atoms in total. The SMILES string of the molecule is CC(F)(F)COc1cc(F)cc(CN)c1. The molecule has 1 aromatic rings. The number of ether oxygens (including phenoxy) is 1. The summed E-state index contributed by atoms with van der Waals surface area (Å²) in [6.07, 6.45) is 0. The first-order valence-corrected chi connectivity index (χ1v) is 4.41. The zero-order valence-electron chi connectivity index (χ0n) is 8.27. The maximum absolute atomic E-state index is 12.9. The fourth-order valence-electron chi connectivity index (χ4n) is 1.03. The quantitative estimate of drug-likeness (QED) is 0.843. The highest BCUT2D eigenvalue weighted by Gasteiger charge is 2.22. The Kier molecular flexibility index (Phi) is 3.57. The van der Waals surface area contributed by atoms with Gasteiger partial charge in [-0.1, -0.05) is 0 Å². The van der Waals surface area contributed by atoms with Crippen LogP contribution >= 0.6 is 0 Å². The maximum atomic E-state index is 12.9. The molecule has 2 N–H and O–H groups in total. The van der Waals surface area contributed by atoms with E-state index in [0.29, 0.717) is 5.56 Å². The second kappa shape index (κ2) is 4.53. The van der Waals surface area contributed by atoms with Gasteiger partial charge in [-0.3, -0.25) is 0 Å². The molecule has 0 aromatic heterocycles. The monoisotopic (exact) mass is 219 g/mol. The van der Waals surface area contributed by atoms with E-state index in [0.717, 1.165) is 13.0 Å². The van der Waals surface area contributed by atoms with Crippen LogP contribution in [0.15, 0.2) is 18.2 Å². The predicted octanol–water partition coefficient (Wildman–Crippen LogP) is 2.32. The third-order valence-corrected chi connectivity index (χ3v) is 1.66.